The highest BCUT2D eigenvalue weighted by Gasteiger charge is 2.33. The zero-order valence-corrected chi connectivity index (χ0v) is 13.1. The van der Waals surface area contributed by atoms with E-state index in [1.807, 2.05) is 24.3 Å². The number of rotatable bonds is 3. The van der Waals surface area contributed by atoms with Crippen molar-refractivity contribution in [2.45, 2.75) is 6.18 Å². The maximum atomic E-state index is 13.2. The molecule has 0 atom stereocenters. The largest absolute Gasteiger partial charge is 0.417 e. The SMILES string of the molecule is FC(F)(F)c1ccccc1-c1cnnc(Nc2n[nH]c3ccccc23)n1. The van der Waals surface area contributed by atoms with Gasteiger partial charge in [0.25, 0.3) is 0 Å². The molecule has 2 N–H and O–H groups in total. The second-order valence-electron chi connectivity index (χ2n) is 5.45. The lowest BCUT2D eigenvalue weighted by molar-refractivity contribution is -0.137. The van der Waals surface area contributed by atoms with Crippen LogP contribution in [0, 0.1) is 0 Å². The zero-order valence-electron chi connectivity index (χ0n) is 13.1. The van der Waals surface area contributed by atoms with Crippen LogP contribution in [0.3, 0.4) is 0 Å². The summed E-state index contributed by atoms with van der Waals surface area (Å²) < 4.78 is 39.7. The Morgan fingerprint density at radius 2 is 1.73 bits per heavy atom. The van der Waals surface area contributed by atoms with Gasteiger partial charge in [0.2, 0.25) is 5.95 Å². The van der Waals surface area contributed by atoms with Crippen molar-refractivity contribution in [3.05, 3.63) is 60.3 Å². The maximum absolute atomic E-state index is 13.2. The molecule has 2 aromatic heterocycles. The fourth-order valence-corrected chi connectivity index (χ4v) is 2.60. The number of benzene rings is 2. The van der Waals surface area contributed by atoms with Gasteiger partial charge in [-0.3, -0.25) is 5.10 Å². The first-order chi connectivity index (χ1) is 12.5. The molecule has 4 aromatic rings. The van der Waals surface area contributed by atoms with Crippen molar-refractivity contribution in [1.82, 2.24) is 25.4 Å². The Kier molecular flexibility index (Phi) is 3.76. The minimum atomic E-state index is -4.49. The third-order valence-electron chi connectivity index (χ3n) is 3.77. The molecule has 4 rings (SSSR count). The van der Waals surface area contributed by atoms with E-state index >= 15 is 0 Å². The number of aromatic nitrogens is 5. The number of fused-ring (bicyclic) bond motifs is 1. The van der Waals surface area contributed by atoms with E-state index in [-0.39, 0.29) is 17.2 Å². The Balaban J connectivity index is 1.72. The predicted molar refractivity (Wildman–Crippen MR) is 89.6 cm³/mol. The Labute approximate surface area is 145 Å². The van der Waals surface area contributed by atoms with Crippen molar-refractivity contribution in [2.75, 3.05) is 5.32 Å². The van der Waals surface area contributed by atoms with Gasteiger partial charge in [-0.1, -0.05) is 30.3 Å². The highest BCUT2D eigenvalue weighted by Crippen LogP contribution is 2.36. The number of nitrogens with one attached hydrogen (secondary N) is 2. The summed E-state index contributed by atoms with van der Waals surface area (Å²) in [4.78, 5) is 4.16. The van der Waals surface area contributed by atoms with Crippen LogP contribution in [0.1, 0.15) is 5.56 Å². The highest BCUT2D eigenvalue weighted by atomic mass is 19.4. The smallest absolute Gasteiger partial charge is 0.305 e. The summed E-state index contributed by atoms with van der Waals surface area (Å²) in [5.74, 6) is 0.514. The van der Waals surface area contributed by atoms with E-state index in [2.05, 4.69) is 30.7 Å². The molecule has 2 heterocycles. The first kappa shape index (κ1) is 16.0. The van der Waals surface area contributed by atoms with Crippen LogP contribution in [0.5, 0.6) is 0 Å². The molecule has 9 heteroatoms. The summed E-state index contributed by atoms with van der Waals surface area (Å²) in [6.45, 7) is 0. The number of anilines is 2. The topological polar surface area (TPSA) is 79.4 Å². The minimum Gasteiger partial charge on any atom is -0.305 e. The lowest BCUT2D eigenvalue weighted by Gasteiger charge is -2.12. The lowest BCUT2D eigenvalue weighted by atomic mass is 10.0. The number of nitrogens with zero attached hydrogens (tertiary/aromatic N) is 4. The van der Waals surface area contributed by atoms with Gasteiger partial charge in [0.15, 0.2) is 5.82 Å². The van der Waals surface area contributed by atoms with E-state index in [0.717, 1.165) is 17.0 Å². The van der Waals surface area contributed by atoms with Crippen LogP contribution in [-0.4, -0.2) is 25.4 Å². The van der Waals surface area contributed by atoms with Crippen LogP contribution < -0.4 is 5.32 Å². The van der Waals surface area contributed by atoms with Crippen molar-refractivity contribution in [3.63, 3.8) is 0 Å². The second kappa shape index (κ2) is 6.10. The van der Waals surface area contributed by atoms with Crippen molar-refractivity contribution in [3.8, 4) is 11.3 Å². The summed E-state index contributed by atoms with van der Waals surface area (Å²) in [5, 5.41) is 18.3. The highest BCUT2D eigenvalue weighted by molar-refractivity contribution is 5.90. The first-order valence-corrected chi connectivity index (χ1v) is 7.59. The van der Waals surface area contributed by atoms with Crippen molar-refractivity contribution < 1.29 is 13.2 Å². The Morgan fingerprint density at radius 1 is 0.962 bits per heavy atom. The van der Waals surface area contributed by atoms with E-state index in [1.165, 1.54) is 24.4 Å². The van der Waals surface area contributed by atoms with Gasteiger partial charge in [0, 0.05) is 10.9 Å². The van der Waals surface area contributed by atoms with E-state index < -0.39 is 11.7 Å². The standard InChI is InChI=1S/C17H11F3N6/c18-17(19,20)12-7-3-1-5-10(12)14-9-21-26-16(22-14)23-15-11-6-2-4-8-13(11)24-25-15/h1-9H,(H2,22,23,24,25,26). The molecule has 0 aliphatic rings. The van der Waals surface area contributed by atoms with Crippen molar-refractivity contribution >= 4 is 22.7 Å². The summed E-state index contributed by atoms with van der Waals surface area (Å²) in [7, 11) is 0. The van der Waals surface area contributed by atoms with Crippen LogP contribution in [-0.2, 0) is 6.18 Å². The molecule has 2 aromatic carbocycles. The van der Waals surface area contributed by atoms with Gasteiger partial charge in [0.05, 0.1) is 23.0 Å². The minimum absolute atomic E-state index is 0.0525. The number of hydrogen-bond donors (Lipinski definition) is 2. The Morgan fingerprint density at radius 3 is 2.58 bits per heavy atom. The third kappa shape index (κ3) is 2.94. The van der Waals surface area contributed by atoms with Gasteiger partial charge < -0.3 is 5.32 Å². The molecule has 0 bridgehead atoms. The molecule has 0 saturated heterocycles. The predicted octanol–water partition coefficient (Wildman–Crippen LogP) is 4.18. The second-order valence-corrected chi connectivity index (χ2v) is 5.45. The number of alkyl halides is 3. The molecular weight excluding hydrogens is 345 g/mol. The average Bonchev–Trinajstić information content (AvgIpc) is 3.04. The van der Waals surface area contributed by atoms with Gasteiger partial charge in [-0.2, -0.15) is 23.4 Å². The number of halogens is 3. The fraction of sp³-hybridized carbons (Fsp3) is 0.0588. The Bertz CT molecular complexity index is 1070. The fourth-order valence-electron chi connectivity index (χ4n) is 2.60. The Hall–Kier alpha value is -3.49. The molecule has 0 spiro atoms. The quantitative estimate of drug-likeness (QED) is 0.576. The van der Waals surface area contributed by atoms with Gasteiger partial charge >= 0.3 is 6.18 Å². The molecule has 0 amide bonds. The zero-order chi connectivity index (χ0) is 18.1. The summed E-state index contributed by atoms with van der Waals surface area (Å²) >= 11 is 0. The number of hydrogen-bond acceptors (Lipinski definition) is 5. The summed E-state index contributed by atoms with van der Waals surface area (Å²) in [6.07, 6.45) is -3.30. The van der Waals surface area contributed by atoms with Gasteiger partial charge in [-0.15, -0.1) is 5.10 Å². The molecule has 0 radical (unpaired) electrons. The summed E-state index contributed by atoms with van der Waals surface area (Å²) in [5.41, 5.74) is 0.0262. The maximum Gasteiger partial charge on any atom is 0.417 e. The molecule has 0 aliphatic carbocycles. The normalized spacial score (nSPS) is 11.7. The third-order valence-corrected chi connectivity index (χ3v) is 3.77. The first-order valence-electron chi connectivity index (χ1n) is 7.59. The average molecular weight is 356 g/mol. The number of aromatic amines is 1. The van der Waals surface area contributed by atoms with Gasteiger partial charge in [-0.05, 0) is 18.2 Å². The number of para-hydroxylation sites is 1. The molecule has 130 valence electrons. The van der Waals surface area contributed by atoms with Gasteiger partial charge in [-0.25, -0.2) is 4.98 Å². The lowest BCUT2D eigenvalue weighted by Crippen LogP contribution is -2.08. The van der Waals surface area contributed by atoms with Crippen LogP contribution >= 0.6 is 0 Å². The number of H-pyrrole nitrogens is 1. The van der Waals surface area contributed by atoms with Crippen molar-refractivity contribution in [1.29, 1.82) is 0 Å². The van der Waals surface area contributed by atoms with Crippen LogP contribution in [0.2, 0.25) is 0 Å². The van der Waals surface area contributed by atoms with Crippen LogP contribution in [0.4, 0.5) is 24.9 Å². The molecule has 0 aliphatic heterocycles. The van der Waals surface area contributed by atoms with Crippen LogP contribution in [0.25, 0.3) is 22.2 Å². The monoisotopic (exact) mass is 356 g/mol. The van der Waals surface area contributed by atoms with Gasteiger partial charge in [0.1, 0.15) is 0 Å². The van der Waals surface area contributed by atoms with E-state index in [4.69, 9.17) is 0 Å². The summed E-state index contributed by atoms with van der Waals surface area (Å²) in [6, 6.07) is 12.6. The molecule has 26 heavy (non-hydrogen) atoms. The van der Waals surface area contributed by atoms with E-state index in [0.29, 0.717) is 5.82 Å². The van der Waals surface area contributed by atoms with E-state index in [9.17, 15) is 13.2 Å². The molecule has 0 saturated carbocycles. The molecular formula is C17H11F3N6. The van der Waals surface area contributed by atoms with Crippen molar-refractivity contribution in [2.24, 2.45) is 0 Å². The van der Waals surface area contributed by atoms with Crippen LogP contribution in [0.15, 0.2) is 54.7 Å². The molecule has 0 unspecified atom stereocenters. The van der Waals surface area contributed by atoms with E-state index in [1.54, 1.807) is 0 Å². The molecule has 0 fully saturated rings. The molecule has 6 nitrogen and oxygen atoms in total.